The van der Waals surface area contributed by atoms with E-state index in [1.807, 2.05) is 30.3 Å². The van der Waals surface area contributed by atoms with Gasteiger partial charge in [0.2, 0.25) is 11.8 Å². The van der Waals surface area contributed by atoms with Gasteiger partial charge in [-0.05, 0) is 35.4 Å². The lowest BCUT2D eigenvalue weighted by atomic mass is 10.1. The third kappa shape index (κ3) is 4.64. The van der Waals surface area contributed by atoms with Crippen LogP contribution in [0.25, 0.3) is 10.9 Å². The molecule has 2 N–H and O–H groups in total. The van der Waals surface area contributed by atoms with Gasteiger partial charge in [-0.1, -0.05) is 48.5 Å². The van der Waals surface area contributed by atoms with E-state index in [1.54, 1.807) is 18.2 Å². The Bertz CT molecular complexity index is 1300. The van der Waals surface area contributed by atoms with Crippen molar-refractivity contribution >= 4 is 22.8 Å². The molecule has 168 valence electrons. The number of nitrogens with two attached hydrogens (primary N) is 1. The fraction of sp³-hybridized carbons (Fsp3) is 0.120. The van der Waals surface area contributed by atoms with Crippen LogP contribution in [-0.2, 0) is 18.0 Å². The number of hydrogen-bond acceptors (Lipinski definition) is 5. The largest absolute Gasteiger partial charge is 0.471 e. The van der Waals surface area contributed by atoms with Gasteiger partial charge in [0.05, 0.1) is 12.6 Å². The maximum absolute atomic E-state index is 13.3. The van der Waals surface area contributed by atoms with E-state index in [0.29, 0.717) is 16.5 Å². The molecule has 0 radical (unpaired) electrons. The van der Waals surface area contributed by atoms with Gasteiger partial charge < -0.3 is 20.0 Å². The minimum absolute atomic E-state index is 0.0488. The van der Waals surface area contributed by atoms with E-state index in [2.05, 4.69) is 0 Å². The van der Waals surface area contributed by atoms with Crippen molar-refractivity contribution in [2.45, 2.75) is 13.2 Å². The Morgan fingerprint density at radius 1 is 0.939 bits per heavy atom. The summed E-state index contributed by atoms with van der Waals surface area (Å²) in [5, 5.41) is 0.467. The molecule has 0 bridgehead atoms. The van der Waals surface area contributed by atoms with E-state index >= 15 is 0 Å². The molecule has 0 saturated carbocycles. The maximum Gasteiger partial charge on any atom is 0.344 e. The van der Waals surface area contributed by atoms with Crippen molar-refractivity contribution in [3.8, 4) is 5.88 Å². The van der Waals surface area contributed by atoms with Crippen LogP contribution in [0.4, 0.5) is 4.39 Å². The lowest BCUT2D eigenvalue weighted by Gasteiger charge is -2.14. The number of ether oxygens (including phenoxy) is 2. The smallest absolute Gasteiger partial charge is 0.344 e. The van der Waals surface area contributed by atoms with E-state index in [1.165, 1.54) is 36.1 Å². The Balaban J connectivity index is 1.81. The van der Waals surface area contributed by atoms with Crippen molar-refractivity contribution < 1.29 is 28.3 Å². The molecule has 1 heterocycles. The number of halogens is 1. The van der Waals surface area contributed by atoms with Crippen molar-refractivity contribution in [2.24, 2.45) is 5.73 Å². The first-order valence-corrected chi connectivity index (χ1v) is 10.1. The van der Waals surface area contributed by atoms with Crippen molar-refractivity contribution in [3.63, 3.8) is 0 Å². The number of aromatic nitrogens is 1. The molecular weight excluding hydrogens is 427 g/mol. The van der Waals surface area contributed by atoms with E-state index < -0.39 is 11.9 Å². The van der Waals surface area contributed by atoms with Crippen LogP contribution in [0.2, 0.25) is 0 Å². The molecular formula is C25H21FN2O5. The van der Waals surface area contributed by atoms with Crippen molar-refractivity contribution in [2.75, 3.05) is 7.11 Å². The number of nitrogens with zero attached hydrogens (tertiary/aromatic N) is 1. The molecule has 1 amide bonds. The molecule has 0 aliphatic rings. The van der Waals surface area contributed by atoms with Gasteiger partial charge in [0.25, 0.3) is 0 Å². The highest BCUT2D eigenvalue weighted by Crippen LogP contribution is 2.33. The average Bonchev–Trinajstić information content (AvgIpc) is 3.15. The molecule has 0 spiro atoms. The Hall–Kier alpha value is -4.33. The molecule has 0 saturated heterocycles. The van der Waals surface area contributed by atoms with Crippen molar-refractivity contribution in [1.82, 2.24) is 4.73 Å². The first-order valence-electron chi connectivity index (χ1n) is 10.1. The highest BCUT2D eigenvalue weighted by molar-refractivity contribution is 6.08. The zero-order valence-electron chi connectivity index (χ0n) is 17.8. The molecule has 1 aromatic heterocycles. The van der Waals surface area contributed by atoms with Crippen LogP contribution in [0.15, 0.2) is 72.8 Å². The van der Waals surface area contributed by atoms with Gasteiger partial charge in [0.1, 0.15) is 24.6 Å². The van der Waals surface area contributed by atoms with E-state index in [4.69, 9.17) is 20.0 Å². The first-order chi connectivity index (χ1) is 16.0. The number of carbonyl (C=O) groups excluding carboxylic acids is 2. The fourth-order valence-electron chi connectivity index (χ4n) is 3.39. The average molecular weight is 448 g/mol. The van der Waals surface area contributed by atoms with E-state index in [-0.39, 0.29) is 36.0 Å². The summed E-state index contributed by atoms with van der Waals surface area (Å²) in [6, 6.07) is 19.8. The Labute approximate surface area is 189 Å². The Kier molecular flexibility index (Phi) is 6.26. The van der Waals surface area contributed by atoms with E-state index in [9.17, 15) is 14.0 Å². The van der Waals surface area contributed by atoms with Crippen molar-refractivity contribution in [3.05, 3.63) is 101 Å². The molecule has 4 aromatic rings. The van der Waals surface area contributed by atoms with Gasteiger partial charge in [0, 0.05) is 10.9 Å². The van der Waals surface area contributed by atoms with Crippen LogP contribution in [0.1, 0.15) is 31.8 Å². The van der Waals surface area contributed by atoms with Gasteiger partial charge in [-0.15, -0.1) is 4.73 Å². The number of amides is 1. The summed E-state index contributed by atoms with van der Waals surface area (Å²) in [6.07, 6.45) is 0. The molecule has 8 heteroatoms. The Morgan fingerprint density at radius 3 is 2.30 bits per heavy atom. The predicted octanol–water partition coefficient (Wildman–Crippen LogP) is 3.87. The van der Waals surface area contributed by atoms with Crippen LogP contribution >= 0.6 is 0 Å². The number of hydrogen-bond donors (Lipinski definition) is 1. The second kappa shape index (κ2) is 9.44. The zero-order chi connectivity index (χ0) is 23.4. The van der Waals surface area contributed by atoms with Crippen LogP contribution in [0.5, 0.6) is 5.88 Å². The topological polar surface area (TPSA) is 92.8 Å². The summed E-state index contributed by atoms with van der Waals surface area (Å²) in [7, 11) is 1.27. The third-order valence-electron chi connectivity index (χ3n) is 5.05. The Morgan fingerprint density at radius 2 is 1.64 bits per heavy atom. The maximum atomic E-state index is 13.3. The number of benzene rings is 3. The van der Waals surface area contributed by atoms with Crippen molar-refractivity contribution in [1.29, 1.82) is 0 Å². The number of methoxy groups -OCH3 is 1. The number of rotatable bonds is 8. The lowest BCUT2D eigenvalue weighted by Crippen LogP contribution is -2.15. The SMILES string of the molecule is COC(=O)c1c(OCc2ccccc2)n(OCc2ccc(F)cc2)c2cc(C(N)=O)ccc12. The lowest BCUT2D eigenvalue weighted by molar-refractivity contribution is 0.0570. The van der Waals surface area contributed by atoms with Crippen LogP contribution < -0.4 is 15.3 Å². The second-order valence-corrected chi connectivity index (χ2v) is 7.24. The second-order valence-electron chi connectivity index (χ2n) is 7.24. The quantitative estimate of drug-likeness (QED) is 0.413. The molecule has 7 nitrogen and oxygen atoms in total. The fourth-order valence-corrected chi connectivity index (χ4v) is 3.39. The standard InChI is InChI=1S/C25H21FN2O5/c1-31-25(30)22-20-12-9-18(23(27)29)13-21(20)28(33-15-17-7-10-19(26)11-8-17)24(22)32-14-16-5-3-2-4-6-16/h2-13H,14-15H2,1H3,(H2,27,29). The molecule has 3 aromatic carbocycles. The molecule has 33 heavy (non-hydrogen) atoms. The number of primary amides is 1. The van der Waals surface area contributed by atoms with Crippen LogP contribution in [0.3, 0.4) is 0 Å². The summed E-state index contributed by atoms with van der Waals surface area (Å²) in [5.41, 5.74) is 7.81. The highest BCUT2D eigenvalue weighted by atomic mass is 19.1. The number of esters is 1. The van der Waals surface area contributed by atoms with Gasteiger partial charge in [-0.25, -0.2) is 9.18 Å². The minimum atomic E-state index is -0.630. The van der Waals surface area contributed by atoms with Gasteiger partial charge in [-0.3, -0.25) is 4.79 Å². The summed E-state index contributed by atoms with van der Waals surface area (Å²) >= 11 is 0. The monoisotopic (exact) mass is 448 g/mol. The first kappa shape index (κ1) is 21.9. The van der Waals surface area contributed by atoms with E-state index in [0.717, 1.165) is 5.56 Å². The summed E-state index contributed by atoms with van der Waals surface area (Å²) in [4.78, 5) is 30.5. The predicted molar refractivity (Wildman–Crippen MR) is 119 cm³/mol. The summed E-state index contributed by atoms with van der Waals surface area (Å²) < 4.78 is 25.6. The van der Waals surface area contributed by atoms with Gasteiger partial charge >= 0.3 is 5.97 Å². The molecule has 0 fully saturated rings. The highest BCUT2D eigenvalue weighted by Gasteiger charge is 2.27. The molecule has 0 aliphatic carbocycles. The normalized spacial score (nSPS) is 10.7. The summed E-state index contributed by atoms with van der Waals surface area (Å²) in [6.45, 7) is 0.205. The molecule has 4 rings (SSSR count). The zero-order valence-corrected chi connectivity index (χ0v) is 17.8. The third-order valence-corrected chi connectivity index (χ3v) is 5.05. The molecule has 0 unspecified atom stereocenters. The molecule has 0 atom stereocenters. The van der Waals surface area contributed by atoms with Crippen LogP contribution in [0, 0.1) is 5.82 Å². The number of carbonyl (C=O) groups is 2. The molecule has 0 aliphatic heterocycles. The number of fused-ring (bicyclic) bond motifs is 1. The van der Waals surface area contributed by atoms with Crippen LogP contribution in [-0.4, -0.2) is 23.7 Å². The summed E-state index contributed by atoms with van der Waals surface area (Å²) in [5.74, 6) is -1.51. The minimum Gasteiger partial charge on any atom is -0.471 e. The van der Waals surface area contributed by atoms with Gasteiger partial charge in [0.15, 0.2) is 0 Å². The van der Waals surface area contributed by atoms with Gasteiger partial charge in [-0.2, -0.15) is 0 Å².